The number of halogens is 2. The number of rotatable bonds is 4. The van der Waals surface area contributed by atoms with Crippen LogP contribution in [0.1, 0.15) is 18.4 Å². The summed E-state index contributed by atoms with van der Waals surface area (Å²) in [4.78, 5) is 12.7. The first-order valence-corrected chi connectivity index (χ1v) is 10.7. The standard InChI is InChI=1S/C19H16Cl2N2O4S/c20-15-4-6-16(7-5-15)28(25,26)23-9-1-2-14(12-23)19(24)27-18-8-3-13(11-22)10-17(18)21/h3-8,10,14H,1-2,9,12H2. The molecule has 0 saturated carbocycles. The Kier molecular flexibility index (Phi) is 6.26. The number of hydrogen-bond donors (Lipinski definition) is 0. The molecule has 1 heterocycles. The third-order valence-corrected chi connectivity index (χ3v) is 6.87. The smallest absolute Gasteiger partial charge is 0.315 e. The van der Waals surface area contributed by atoms with Crippen LogP contribution in [0.2, 0.25) is 10.0 Å². The fraction of sp³-hybridized carbons (Fsp3) is 0.263. The molecule has 1 atom stereocenters. The van der Waals surface area contributed by atoms with Crippen molar-refractivity contribution < 1.29 is 17.9 Å². The van der Waals surface area contributed by atoms with Crippen molar-refractivity contribution in [3.63, 3.8) is 0 Å². The predicted octanol–water partition coefficient (Wildman–Crippen LogP) is 3.87. The maximum atomic E-state index is 12.8. The van der Waals surface area contributed by atoms with Crippen LogP contribution >= 0.6 is 23.2 Å². The van der Waals surface area contributed by atoms with E-state index in [9.17, 15) is 13.2 Å². The lowest BCUT2D eigenvalue weighted by Crippen LogP contribution is -2.43. The molecular formula is C19H16Cl2N2O4S. The van der Waals surface area contributed by atoms with Gasteiger partial charge < -0.3 is 4.74 Å². The second-order valence-corrected chi connectivity index (χ2v) is 9.12. The van der Waals surface area contributed by atoms with Gasteiger partial charge in [0.1, 0.15) is 5.75 Å². The minimum atomic E-state index is -3.73. The Bertz CT molecular complexity index is 1030. The molecule has 2 aromatic carbocycles. The Morgan fingerprint density at radius 1 is 1.18 bits per heavy atom. The zero-order chi connectivity index (χ0) is 20.3. The minimum Gasteiger partial charge on any atom is -0.425 e. The highest BCUT2D eigenvalue weighted by Gasteiger charge is 2.34. The van der Waals surface area contributed by atoms with Gasteiger partial charge in [-0.3, -0.25) is 4.79 Å². The van der Waals surface area contributed by atoms with E-state index in [0.717, 1.165) is 0 Å². The fourth-order valence-electron chi connectivity index (χ4n) is 2.95. The highest BCUT2D eigenvalue weighted by atomic mass is 35.5. The molecule has 0 radical (unpaired) electrons. The van der Waals surface area contributed by atoms with Gasteiger partial charge in [-0.1, -0.05) is 23.2 Å². The number of carbonyl (C=O) groups excluding carboxylic acids is 1. The van der Waals surface area contributed by atoms with Gasteiger partial charge in [-0.05, 0) is 55.3 Å². The Balaban J connectivity index is 1.73. The number of carbonyl (C=O) groups is 1. The molecule has 1 fully saturated rings. The molecule has 1 unspecified atom stereocenters. The van der Waals surface area contributed by atoms with E-state index in [1.807, 2.05) is 6.07 Å². The topological polar surface area (TPSA) is 87.5 Å². The maximum Gasteiger partial charge on any atom is 0.315 e. The van der Waals surface area contributed by atoms with Crippen molar-refractivity contribution in [2.24, 2.45) is 5.92 Å². The van der Waals surface area contributed by atoms with Gasteiger partial charge in [0.2, 0.25) is 10.0 Å². The van der Waals surface area contributed by atoms with Crippen molar-refractivity contribution in [1.29, 1.82) is 5.26 Å². The van der Waals surface area contributed by atoms with E-state index in [1.165, 1.54) is 46.8 Å². The Morgan fingerprint density at radius 2 is 1.89 bits per heavy atom. The van der Waals surface area contributed by atoms with E-state index < -0.39 is 21.9 Å². The van der Waals surface area contributed by atoms with Crippen LogP contribution < -0.4 is 4.74 Å². The number of ether oxygens (including phenoxy) is 1. The number of nitriles is 1. The van der Waals surface area contributed by atoms with Crippen LogP contribution in [0.25, 0.3) is 0 Å². The predicted molar refractivity (Wildman–Crippen MR) is 105 cm³/mol. The molecule has 0 spiro atoms. The summed E-state index contributed by atoms with van der Waals surface area (Å²) in [6.45, 7) is 0.351. The maximum absolute atomic E-state index is 12.8. The number of hydrogen-bond acceptors (Lipinski definition) is 5. The fourth-order valence-corrected chi connectivity index (χ4v) is 4.82. The zero-order valence-electron chi connectivity index (χ0n) is 14.6. The van der Waals surface area contributed by atoms with Crippen LogP contribution in [0.5, 0.6) is 5.75 Å². The quantitative estimate of drug-likeness (QED) is 0.533. The lowest BCUT2D eigenvalue weighted by Gasteiger charge is -2.30. The van der Waals surface area contributed by atoms with Crippen molar-refractivity contribution in [2.75, 3.05) is 13.1 Å². The number of nitrogens with zero attached hydrogens (tertiary/aromatic N) is 2. The molecular weight excluding hydrogens is 423 g/mol. The highest BCUT2D eigenvalue weighted by molar-refractivity contribution is 7.89. The number of esters is 1. The first kappa shape index (κ1) is 20.6. The summed E-state index contributed by atoms with van der Waals surface area (Å²) in [5.74, 6) is -1.02. The van der Waals surface area contributed by atoms with E-state index in [0.29, 0.717) is 30.0 Å². The summed E-state index contributed by atoms with van der Waals surface area (Å²) in [5, 5.41) is 9.46. The Hall–Kier alpha value is -2.11. The van der Waals surface area contributed by atoms with Crippen LogP contribution in [0, 0.1) is 17.2 Å². The van der Waals surface area contributed by atoms with E-state index in [4.69, 9.17) is 33.2 Å². The van der Waals surface area contributed by atoms with Crippen LogP contribution in [0.15, 0.2) is 47.4 Å². The number of benzene rings is 2. The van der Waals surface area contributed by atoms with Gasteiger partial charge in [0.15, 0.2) is 0 Å². The molecule has 3 rings (SSSR count). The average Bonchev–Trinajstić information content (AvgIpc) is 2.70. The van der Waals surface area contributed by atoms with Crippen molar-refractivity contribution in [3.05, 3.63) is 58.1 Å². The molecule has 28 heavy (non-hydrogen) atoms. The van der Waals surface area contributed by atoms with Gasteiger partial charge in [0, 0.05) is 18.1 Å². The van der Waals surface area contributed by atoms with Gasteiger partial charge >= 0.3 is 5.97 Å². The molecule has 2 aromatic rings. The van der Waals surface area contributed by atoms with Crippen molar-refractivity contribution in [2.45, 2.75) is 17.7 Å². The summed E-state index contributed by atoms with van der Waals surface area (Å²) < 4.78 is 32.3. The summed E-state index contributed by atoms with van der Waals surface area (Å²) in [5.41, 5.74) is 0.350. The average molecular weight is 439 g/mol. The van der Waals surface area contributed by atoms with E-state index in [1.54, 1.807) is 0 Å². The monoisotopic (exact) mass is 438 g/mol. The Morgan fingerprint density at radius 3 is 2.54 bits per heavy atom. The van der Waals surface area contributed by atoms with Gasteiger partial charge in [0.25, 0.3) is 0 Å². The normalized spacial score (nSPS) is 17.7. The van der Waals surface area contributed by atoms with Crippen molar-refractivity contribution in [1.82, 2.24) is 4.31 Å². The molecule has 6 nitrogen and oxygen atoms in total. The van der Waals surface area contributed by atoms with Gasteiger partial charge in [-0.2, -0.15) is 9.57 Å². The summed E-state index contributed by atoms with van der Waals surface area (Å²) in [6, 6.07) is 12.2. The Labute approximate surface area is 173 Å². The zero-order valence-corrected chi connectivity index (χ0v) is 17.0. The van der Waals surface area contributed by atoms with Gasteiger partial charge in [-0.15, -0.1) is 0 Å². The van der Waals surface area contributed by atoms with E-state index >= 15 is 0 Å². The third-order valence-electron chi connectivity index (χ3n) is 4.44. The van der Waals surface area contributed by atoms with Gasteiger partial charge in [-0.25, -0.2) is 8.42 Å². The van der Waals surface area contributed by atoms with Crippen LogP contribution in [-0.2, 0) is 14.8 Å². The first-order valence-electron chi connectivity index (χ1n) is 8.48. The lowest BCUT2D eigenvalue weighted by molar-refractivity contribution is -0.140. The molecule has 1 aliphatic heterocycles. The molecule has 0 aliphatic carbocycles. The summed E-state index contributed by atoms with van der Waals surface area (Å²) in [7, 11) is -3.73. The SMILES string of the molecule is N#Cc1ccc(OC(=O)C2CCCN(S(=O)(=O)c3ccc(Cl)cc3)C2)c(Cl)c1. The summed E-state index contributed by atoms with van der Waals surface area (Å²) >= 11 is 11.9. The molecule has 146 valence electrons. The number of sulfonamides is 1. The number of piperidine rings is 1. The minimum absolute atomic E-state index is 0.0255. The largest absolute Gasteiger partial charge is 0.425 e. The molecule has 0 aromatic heterocycles. The second-order valence-electron chi connectivity index (χ2n) is 6.33. The highest BCUT2D eigenvalue weighted by Crippen LogP contribution is 2.29. The molecule has 9 heteroatoms. The third kappa shape index (κ3) is 4.47. The molecule has 1 saturated heterocycles. The van der Waals surface area contributed by atoms with Crippen LogP contribution in [0.4, 0.5) is 0 Å². The summed E-state index contributed by atoms with van der Waals surface area (Å²) in [6.07, 6.45) is 1.05. The van der Waals surface area contributed by atoms with Crippen LogP contribution in [-0.4, -0.2) is 31.8 Å². The van der Waals surface area contributed by atoms with E-state index in [-0.39, 0.29) is 22.2 Å². The second kappa shape index (κ2) is 8.50. The van der Waals surface area contributed by atoms with Crippen molar-refractivity contribution >= 4 is 39.2 Å². The van der Waals surface area contributed by atoms with Crippen molar-refractivity contribution in [3.8, 4) is 11.8 Å². The van der Waals surface area contributed by atoms with Crippen LogP contribution in [0.3, 0.4) is 0 Å². The molecule has 1 aliphatic rings. The van der Waals surface area contributed by atoms with E-state index in [2.05, 4.69) is 0 Å². The lowest BCUT2D eigenvalue weighted by atomic mass is 10.00. The van der Waals surface area contributed by atoms with Gasteiger partial charge in [0.05, 0.1) is 27.5 Å². The molecule has 0 bridgehead atoms. The molecule has 0 N–H and O–H groups in total. The molecule has 0 amide bonds. The first-order chi connectivity index (χ1) is 13.3.